The summed E-state index contributed by atoms with van der Waals surface area (Å²) in [6.45, 7) is 0.502. The third-order valence-corrected chi connectivity index (χ3v) is 3.18. The molecule has 0 N–H and O–H groups in total. The Labute approximate surface area is 114 Å². The van der Waals surface area contributed by atoms with Gasteiger partial charge >= 0.3 is 0 Å². The highest BCUT2D eigenvalue weighted by molar-refractivity contribution is 5.75. The Morgan fingerprint density at radius 1 is 1.15 bits per heavy atom. The summed E-state index contributed by atoms with van der Waals surface area (Å²) in [4.78, 5) is 20.4. The predicted octanol–water partition coefficient (Wildman–Crippen LogP) is 2.17. The Bertz CT molecular complexity index is 796. The molecule has 0 fully saturated rings. The molecule has 0 atom stereocenters. The molecule has 5 heteroatoms. The number of halogens is 1. The second kappa shape index (κ2) is 5.21. The minimum atomic E-state index is -0.260. The molecule has 4 nitrogen and oxygen atoms in total. The van der Waals surface area contributed by atoms with E-state index in [1.165, 1.54) is 24.7 Å². The molecule has 0 radical (unpaired) electrons. The van der Waals surface area contributed by atoms with E-state index < -0.39 is 0 Å². The van der Waals surface area contributed by atoms with Crippen LogP contribution in [0, 0.1) is 5.82 Å². The molecule has 100 valence electrons. The zero-order valence-corrected chi connectivity index (χ0v) is 10.7. The summed E-state index contributed by atoms with van der Waals surface area (Å²) in [7, 11) is 0. The molecule has 20 heavy (non-hydrogen) atoms. The van der Waals surface area contributed by atoms with Gasteiger partial charge in [0.15, 0.2) is 0 Å². The van der Waals surface area contributed by atoms with Gasteiger partial charge < -0.3 is 0 Å². The summed E-state index contributed by atoms with van der Waals surface area (Å²) in [5.74, 6) is -0.260. The largest absolute Gasteiger partial charge is 0.298 e. The minimum Gasteiger partial charge on any atom is -0.298 e. The molecule has 2 heterocycles. The third-order valence-electron chi connectivity index (χ3n) is 3.18. The van der Waals surface area contributed by atoms with Crippen molar-refractivity contribution >= 4 is 10.9 Å². The van der Waals surface area contributed by atoms with Crippen LogP contribution in [0.1, 0.15) is 5.56 Å². The van der Waals surface area contributed by atoms with E-state index in [4.69, 9.17) is 0 Å². The van der Waals surface area contributed by atoms with Crippen LogP contribution in [-0.4, -0.2) is 14.5 Å². The van der Waals surface area contributed by atoms with Crippen molar-refractivity contribution in [3.8, 4) is 0 Å². The van der Waals surface area contributed by atoms with E-state index in [1.54, 1.807) is 29.0 Å². The Balaban J connectivity index is 1.86. The zero-order chi connectivity index (χ0) is 13.9. The number of fused-ring (bicyclic) bond motifs is 1. The fourth-order valence-electron chi connectivity index (χ4n) is 2.06. The van der Waals surface area contributed by atoms with Crippen molar-refractivity contribution in [1.82, 2.24) is 14.5 Å². The molecule has 0 saturated heterocycles. The van der Waals surface area contributed by atoms with Crippen molar-refractivity contribution in [2.24, 2.45) is 0 Å². The smallest absolute Gasteiger partial charge is 0.262 e. The molecular weight excluding hydrogens is 257 g/mol. The molecule has 0 aliphatic heterocycles. The van der Waals surface area contributed by atoms with E-state index in [0.29, 0.717) is 23.9 Å². The maximum Gasteiger partial charge on any atom is 0.262 e. The normalized spacial score (nSPS) is 10.8. The van der Waals surface area contributed by atoms with E-state index in [1.807, 2.05) is 0 Å². The van der Waals surface area contributed by atoms with Crippen LogP contribution in [0.25, 0.3) is 10.9 Å². The van der Waals surface area contributed by atoms with Gasteiger partial charge in [-0.05, 0) is 30.2 Å². The highest BCUT2D eigenvalue weighted by Crippen LogP contribution is 2.06. The number of aryl methyl sites for hydroxylation is 2. The van der Waals surface area contributed by atoms with Crippen LogP contribution >= 0.6 is 0 Å². The molecule has 0 aliphatic carbocycles. The number of rotatable bonds is 3. The second-order valence-corrected chi connectivity index (χ2v) is 4.51. The Morgan fingerprint density at radius 2 is 1.95 bits per heavy atom. The van der Waals surface area contributed by atoms with Gasteiger partial charge in [-0.3, -0.25) is 14.3 Å². The number of aromatic nitrogens is 3. The zero-order valence-electron chi connectivity index (χ0n) is 10.7. The number of benzene rings is 1. The molecule has 0 amide bonds. The molecule has 0 unspecified atom stereocenters. The Hall–Kier alpha value is -2.56. The van der Waals surface area contributed by atoms with E-state index in [0.717, 1.165) is 5.56 Å². The lowest BCUT2D eigenvalue weighted by molar-refractivity contribution is 0.624. The summed E-state index contributed by atoms with van der Waals surface area (Å²) >= 11 is 0. The third kappa shape index (κ3) is 2.42. The number of pyridine rings is 1. The van der Waals surface area contributed by atoms with Crippen LogP contribution in [0.2, 0.25) is 0 Å². The first-order valence-corrected chi connectivity index (χ1v) is 6.27. The van der Waals surface area contributed by atoms with Gasteiger partial charge in [-0.15, -0.1) is 0 Å². The second-order valence-electron chi connectivity index (χ2n) is 4.51. The number of hydrogen-bond donors (Lipinski definition) is 0. The highest BCUT2D eigenvalue weighted by Gasteiger charge is 2.04. The molecule has 0 bridgehead atoms. The standard InChI is InChI=1S/C15H12FN3O/c16-12-3-1-11(2-4-12)6-8-19-10-18-14-5-7-17-9-13(14)15(19)20/h1-5,7,9-10H,6,8H2. The van der Waals surface area contributed by atoms with Gasteiger partial charge in [-0.1, -0.05) is 12.1 Å². The Kier molecular flexibility index (Phi) is 3.25. The SMILES string of the molecule is O=c1c2cnccc2ncn1CCc1ccc(F)cc1. The van der Waals surface area contributed by atoms with Crippen molar-refractivity contribution in [3.05, 3.63) is 70.8 Å². The van der Waals surface area contributed by atoms with Crippen LogP contribution in [-0.2, 0) is 13.0 Å². The van der Waals surface area contributed by atoms with Gasteiger partial charge in [0.2, 0.25) is 0 Å². The van der Waals surface area contributed by atoms with Crippen molar-refractivity contribution in [2.45, 2.75) is 13.0 Å². The van der Waals surface area contributed by atoms with E-state index in [2.05, 4.69) is 9.97 Å². The Morgan fingerprint density at radius 3 is 2.75 bits per heavy atom. The average molecular weight is 269 g/mol. The first kappa shape index (κ1) is 12.5. The lowest BCUT2D eigenvalue weighted by Crippen LogP contribution is -2.21. The van der Waals surface area contributed by atoms with Gasteiger partial charge in [-0.2, -0.15) is 0 Å². The van der Waals surface area contributed by atoms with Crippen molar-refractivity contribution < 1.29 is 4.39 Å². The lowest BCUT2D eigenvalue weighted by Gasteiger charge is -2.06. The predicted molar refractivity (Wildman–Crippen MR) is 73.9 cm³/mol. The molecule has 0 saturated carbocycles. The number of nitrogens with zero attached hydrogens (tertiary/aromatic N) is 3. The van der Waals surface area contributed by atoms with Crippen molar-refractivity contribution in [3.63, 3.8) is 0 Å². The summed E-state index contributed by atoms with van der Waals surface area (Å²) in [5.41, 5.74) is 1.51. The van der Waals surface area contributed by atoms with Gasteiger partial charge in [0.1, 0.15) is 5.82 Å². The summed E-state index contributed by atoms with van der Waals surface area (Å²) in [5, 5.41) is 0.508. The van der Waals surface area contributed by atoms with E-state index in [9.17, 15) is 9.18 Å². The van der Waals surface area contributed by atoms with Gasteiger partial charge in [-0.25, -0.2) is 9.37 Å². The maximum absolute atomic E-state index is 12.8. The molecule has 3 aromatic rings. The van der Waals surface area contributed by atoms with E-state index >= 15 is 0 Å². The van der Waals surface area contributed by atoms with Crippen LogP contribution in [0.5, 0.6) is 0 Å². The topological polar surface area (TPSA) is 47.8 Å². The molecule has 0 aliphatic rings. The van der Waals surface area contributed by atoms with E-state index in [-0.39, 0.29) is 11.4 Å². The molecule has 3 rings (SSSR count). The molecular formula is C15H12FN3O. The van der Waals surface area contributed by atoms with Gasteiger partial charge in [0.25, 0.3) is 5.56 Å². The first-order valence-electron chi connectivity index (χ1n) is 6.27. The lowest BCUT2D eigenvalue weighted by atomic mass is 10.1. The monoisotopic (exact) mass is 269 g/mol. The number of hydrogen-bond acceptors (Lipinski definition) is 3. The van der Waals surface area contributed by atoms with Crippen LogP contribution in [0.4, 0.5) is 4.39 Å². The van der Waals surface area contributed by atoms with Crippen molar-refractivity contribution in [1.29, 1.82) is 0 Å². The summed E-state index contributed by atoms with van der Waals surface area (Å²) in [6.07, 6.45) is 5.32. The quantitative estimate of drug-likeness (QED) is 0.732. The molecule has 0 spiro atoms. The molecule has 1 aromatic carbocycles. The first-order chi connectivity index (χ1) is 9.74. The summed E-state index contributed by atoms with van der Waals surface area (Å²) < 4.78 is 14.4. The van der Waals surface area contributed by atoms with Crippen LogP contribution in [0.15, 0.2) is 53.8 Å². The van der Waals surface area contributed by atoms with Crippen molar-refractivity contribution in [2.75, 3.05) is 0 Å². The maximum atomic E-state index is 12.8. The highest BCUT2D eigenvalue weighted by atomic mass is 19.1. The summed E-state index contributed by atoms with van der Waals surface area (Å²) in [6, 6.07) is 7.98. The average Bonchev–Trinajstić information content (AvgIpc) is 2.49. The van der Waals surface area contributed by atoms with Crippen LogP contribution < -0.4 is 5.56 Å². The van der Waals surface area contributed by atoms with Gasteiger partial charge in [0.05, 0.1) is 17.2 Å². The van der Waals surface area contributed by atoms with Gasteiger partial charge in [0, 0.05) is 18.9 Å². The fraction of sp³-hybridized carbons (Fsp3) is 0.133. The van der Waals surface area contributed by atoms with Crippen LogP contribution in [0.3, 0.4) is 0 Å². The molecule has 2 aromatic heterocycles. The minimum absolute atomic E-state index is 0.106. The fourth-order valence-corrected chi connectivity index (χ4v) is 2.06.